The van der Waals surface area contributed by atoms with Crippen LogP contribution in [0.3, 0.4) is 0 Å². The zero-order chi connectivity index (χ0) is 14.8. The summed E-state index contributed by atoms with van der Waals surface area (Å²) in [4.78, 5) is 10.8. The Morgan fingerprint density at radius 1 is 1.37 bits per heavy atom. The van der Waals surface area contributed by atoms with Crippen LogP contribution in [0.2, 0.25) is 0 Å². The van der Waals surface area contributed by atoms with Gasteiger partial charge < -0.3 is 30.1 Å². The molecule has 1 aliphatic heterocycles. The minimum atomic E-state index is -5.14. The molecule has 1 heterocycles. The molecule has 7 nitrogen and oxygen atoms in total. The summed E-state index contributed by atoms with van der Waals surface area (Å²) in [6, 6.07) is -1.61. The fraction of sp³-hybridized carbons (Fsp3) is 0.889. The zero-order valence-electron chi connectivity index (χ0n) is 9.79. The van der Waals surface area contributed by atoms with Crippen molar-refractivity contribution in [2.45, 2.75) is 36.8 Å². The lowest BCUT2D eigenvalue weighted by molar-refractivity contribution is -0.264. The Balaban J connectivity index is 2.82. The smallest absolute Gasteiger partial charge is 0.394 e. The Labute approximate surface area is 105 Å². The van der Waals surface area contributed by atoms with E-state index >= 15 is 0 Å². The molecule has 5 atom stereocenters. The quantitative estimate of drug-likeness (QED) is 0.484. The van der Waals surface area contributed by atoms with Crippen molar-refractivity contribution in [3.8, 4) is 0 Å². The lowest BCUT2D eigenvalue weighted by Crippen LogP contribution is -2.65. The fourth-order valence-corrected chi connectivity index (χ4v) is 1.67. The Kier molecular flexibility index (Phi) is 5.10. The van der Waals surface area contributed by atoms with Crippen LogP contribution >= 0.6 is 0 Å². The van der Waals surface area contributed by atoms with Gasteiger partial charge in [-0.05, 0) is 0 Å². The number of carbonyl (C=O) groups is 1. The van der Waals surface area contributed by atoms with Gasteiger partial charge in [0.05, 0.1) is 6.61 Å². The molecule has 112 valence electrons. The van der Waals surface area contributed by atoms with Gasteiger partial charge in [0.2, 0.25) is 0 Å². The minimum Gasteiger partial charge on any atom is -0.394 e. The summed E-state index contributed by atoms with van der Waals surface area (Å²) in [7, 11) is 1.08. The number of methoxy groups -OCH3 is 1. The van der Waals surface area contributed by atoms with Gasteiger partial charge in [-0.15, -0.1) is 0 Å². The number of carbonyl (C=O) groups excluding carboxylic acids is 1. The average molecular weight is 289 g/mol. The van der Waals surface area contributed by atoms with Crippen LogP contribution in [0.25, 0.3) is 0 Å². The highest BCUT2D eigenvalue weighted by molar-refractivity contribution is 5.82. The molecule has 1 aliphatic rings. The molecule has 1 unspecified atom stereocenters. The molecule has 1 saturated heterocycles. The van der Waals surface area contributed by atoms with E-state index in [1.165, 1.54) is 5.32 Å². The van der Waals surface area contributed by atoms with Crippen molar-refractivity contribution in [2.24, 2.45) is 0 Å². The largest absolute Gasteiger partial charge is 0.471 e. The van der Waals surface area contributed by atoms with Crippen LogP contribution in [0.1, 0.15) is 0 Å². The first-order chi connectivity index (χ1) is 8.72. The topological polar surface area (TPSA) is 108 Å². The molecule has 19 heavy (non-hydrogen) atoms. The van der Waals surface area contributed by atoms with Gasteiger partial charge >= 0.3 is 12.1 Å². The van der Waals surface area contributed by atoms with E-state index in [1.54, 1.807) is 0 Å². The predicted molar refractivity (Wildman–Crippen MR) is 52.8 cm³/mol. The molecule has 0 spiro atoms. The maximum atomic E-state index is 12.1. The average Bonchev–Trinajstić information content (AvgIpc) is 2.34. The number of nitrogens with one attached hydrogen (secondary N) is 1. The Morgan fingerprint density at radius 2 is 1.95 bits per heavy atom. The normalized spacial score (nSPS) is 36.1. The van der Waals surface area contributed by atoms with E-state index in [2.05, 4.69) is 4.74 Å². The van der Waals surface area contributed by atoms with Crippen LogP contribution in [-0.2, 0) is 14.3 Å². The maximum absolute atomic E-state index is 12.1. The first kappa shape index (κ1) is 16.1. The summed E-state index contributed by atoms with van der Waals surface area (Å²) < 4.78 is 46.0. The van der Waals surface area contributed by atoms with Crippen LogP contribution in [0.15, 0.2) is 0 Å². The van der Waals surface area contributed by atoms with E-state index in [1.807, 2.05) is 0 Å². The van der Waals surface area contributed by atoms with Gasteiger partial charge in [-0.25, -0.2) is 0 Å². The third-order valence-electron chi connectivity index (χ3n) is 2.67. The standard InChI is InChI=1S/C9H14F3NO6/c1-18-7-4(13-8(17)9(10,11)12)6(16)5(15)3(2-14)19-7/h3-7,14-16H,2H2,1H3,(H,13,17)/t3-,4-,5+,6-,7?/m1/s1. The number of halogens is 3. The highest BCUT2D eigenvalue weighted by atomic mass is 19.4. The zero-order valence-corrected chi connectivity index (χ0v) is 9.79. The van der Waals surface area contributed by atoms with Gasteiger partial charge in [0.1, 0.15) is 24.4 Å². The van der Waals surface area contributed by atoms with Crippen molar-refractivity contribution in [1.82, 2.24) is 5.32 Å². The highest BCUT2D eigenvalue weighted by Crippen LogP contribution is 2.23. The van der Waals surface area contributed by atoms with Gasteiger partial charge in [-0.3, -0.25) is 4.79 Å². The summed E-state index contributed by atoms with van der Waals surface area (Å²) in [6.45, 7) is -0.669. The van der Waals surface area contributed by atoms with Crippen LogP contribution in [0, 0.1) is 0 Å². The second-order valence-corrected chi connectivity index (χ2v) is 3.94. The molecule has 10 heteroatoms. The number of amides is 1. The SMILES string of the molecule is COC1O[C@H](CO)[C@H](O)[C@H](O)[C@H]1NC(=O)C(F)(F)F. The lowest BCUT2D eigenvalue weighted by atomic mass is 9.97. The number of ether oxygens (including phenoxy) is 2. The Bertz CT molecular complexity index is 324. The molecule has 0 radical (unpaired) electrons. The lowest BCUT2D eigenvalue weighted by Gasteiger charge is -2.41. The molecule has 1 rings (SSSR count). The summed E-state index contributed by atoms with van der Waals surface area (Å²) in [5, 5.41) is 29.5. The van der Waals surface area contributed by atoms with E-state index in [-0.39, 0.29) is 0 Å². The number of hydrogen-bond donors (Lipinski definition) is 4. The molecule has 0 aromatic carbocycles. The number of aliphatic hydroxyl groups excluding tert-OH is 3. The Morgan fingerprint density at radius 3 is 2.37 bits per heavy atom. The van der Waals surface area contributed by atoms with E-state index in [0.717, 1.165) is 7.11 Å². The fourth-order valence-electron chi connectivity index (χ4n) is 1.67. The molecule has 0 aromatic rings. The van der Waals surface area contributed by atoms with Crippen molar-refractivity contribution < 1.29 is 42.8 Å². The molecular weight excluding hydrogens is 275 g/mol. The van der Waals surface area contributed by atoms with Crippen molar-refractivity contribution in [3.05, 3.63) is 0 Å². The molecular formula is C9H14F3NO6. The van der Waals surface area contributed by atoms with Gasteiger partial charge in [0.25, 0.3) is 0 Å². The van der Waals surface area contributed by atoms with Crippen molar-refractivity contribution in [1.29, 1.82) is 0 Å². The molecule has 0 aromatic heterocycles. The van der Waals surface area contributed by atoms with Crippen LogP contribution in [0.5, 0.6) is 0 Å². The third-order valence-corrected chi connectivity index (χ3v) is 2.67. The summed E-state index contributed by atoms with van der Waals surface area (Å²) >= 11 is 0. The molecule has 1 fully saturated rings. The van der Waals surface area contributed by atoms with Gasteiger partial charge in [-0.1, -0.05) is 0 Å². The van der Waals surface area contributed by atoms with Gasteiger partial charge in [-0.2, -0.15) is 13.2 Å². The molecule has 4 N–H and O–H groups in total. The van der Waals surface area contributed by atoms with E-state index < -0.39 is 49.3 Å². The van der Waals surface area contributed by atoms with E-state index in [9.17, 15) is 28.2 Å². The molecule has 1 amide bonds. The summed E-state index contributed by atoms with van der Waals surface area (Å²) in [5.74, 6) is -2.29. The van der Waals surface area contributed by atoms with Crippen molar-refractivity contribution in [3.63, 3.8) is 0 Å². The van der Waals surface area contributed by atoms with Crippen LogP contribution < -0.4 is 5.32 Å². The number of aliphatic hydroxyl groups is 3. The Hall–Kier alpha value is -0.940. The van der Waals surface area contributed by atoms with Crippen LogP contribution in [-0.4, -0.2) is 71.8 Å². The van der Waals surface area contributed by atoms with Crippen molar-refractivity contribution in [2.75, 3.05) is 13.7 Å². The number of alkyl halides is 3. The molecule has 0 bridgehead atoms. The highest BCUT2D eigenvalue weighted by Gasteiger charge is 2.48. The number of hydrogen-bond acceptors (Lipinski definition) is 6. The second-order valence-electron chi connectivity index (χ2n) is 3.94. The van der Waals surface area contributed by atoms with Crippen molar-refractivity contribution >= 4 is 5.91 Å². The molecule has 0 aliphatic carbocycles. The molecule has 0 saturated carbocycles. The maximum Gasteiger partial charge on any atom is 0.471 e. The predicted octanol–water partition coefficient (Wildman–Crippen LogP) is -1.88. The second kappa shape index (κ2) is 6.01. The summed E-state index contributed by atoms with van der Waals surface area (Å²) in [5.41, 5.74) is 0. The minimum absolute atomic E-state index is 0.669. The first-order valence-corrected chi connectivity index (χ1v) is 5.25. The van der Waals surface area contributed by atoms with Crippen LogP contribution in [0.4, 0.5) is 13.2 Å². The number of rotatable bonds is 3. The van der Waals surface area contributed by atoms with Gasteiger partial charge in [0, 0.05) is 7.11 Å². The van der Waals surface area contributed by atoms with E-state index in [4.69, 9.17) is 9.84 Å². The monoisotopic (exact) mass is 289 g/mol. The van der Waals surface area contributed by atoms with E-state index in [0.29, 0.717) is 0 Å². The van der Waals surface area contributed by atoms with Gasteiger partial charge in [0.15, 0.2) is 6.29 Å². The summed E-state index contributed by atoms with van der Waals surface area (Å²) in [6.07, 6.45) is -11.2. The first-order valence-electron chi connectivity index (χ1n) is 5.25. The third kappa shape index (κ3) is 3.54.